The average molecular weight is 415 g/mol. The molecule has 1 atom stereocenters. The number of nitrogens with zero attached hydrogens (tertiary/aromatic N) is 1. The number of furan rings is 1. The molecule has 0 spiro atoms. The lowest BCUT2D eigenvalue weighted by Crippen LogP contribution is -2.50. The Bertz CT molecular complexity index is 841. The molecule has 9 heteroatoms. The van der Waals surface area contributed by atoms with Gasteiger partial charge in [0.25, 0.3) is 0 Å². The molecule has 1 amide bonds. The number of hydrogen-bond acceptors (Lipinski definition) is 5. The monoisotopic (exact) mass is 414 g/mol. The summed E-state index contributed by atoms with van der Waals surface area (Å²) in [6.07, 6.45) is 2.79. The van der Waals surface area contributed by atoms with Crippen LogP contribution in [-0.4, -0.2) is 38.9 Å². The van der Waals surface area contributed by atoms with Crippen LogP contribution in [0.15, 0.2) is 47.1 Å². The van der Waals surface area contributed by atoms with Gasteiger partial charge in [-0.2, -0.15) is 11.8 Å². The zero-order valence-electron chi connectivity index (χ0n) is 15.2. The van der Waals surface area contributed by atoms with Crippen LogP contribution in [0.4, 0.5) is 10.1 Å². The molecule has 1 aromatic heterocycles. The summed E-state index contributed by atoms with van der Waals surface area (Å²) in [7, 11) is -3.85. The molecule has 0 bridgehead atoms. The molecule has 1 N–H and O–H groups in total. The maximum absolute atomic E-state index is 14.2. The van der Waals surface area contributed by atoms with Crippen molar-refractivity contribution < 1.29 is 22.0 Å². The predicted molar refractivity (Wildman–Crippen MR) is 106 cm³/mol. The molecule has 6 nitrogen and oxygen atoms in total. The first kappa shape index (κ1) is 21.3. The Labute approximate surface area is 163 Å². The van der Waals surface area contributed by atoms with Gasteiger partial charge in [-0.25, -0.2) is 12.8 Å². The van der Waals surface area contributed by atoms with Crippen molar-refractivity contribution in [3.63, 3.8) is 0 Å². The molecule has 0 aliphatic rings. The largest absolute Gasteiger partial charge is 0.468 e. The fourth-order valence-corrected chi connectivity index (χ4v) is 4.57. The summed E-state index contributed by atoms with van der Waals surface area (Å²) >= 11 is 1.58. The van der Waals surface area contributed by atoms with Crippen LogP contribution in [0.3, 0.4) is 0 Å². The fraction of sp³-hybridized carbons (Fsp3) is 0.389. The Kier molecular flexibility index (Phi) is 7.73. The molecule has 0 saturated carbocycles. The van der Waals surface area contributed by atoms with Crippen LogP contribution in [0, 0.1) is 5.82 Å². The standard InChI is InChI=1S/C18H23FN2O4S2/c1-3-16(18(22)20-10-12-26-13-14-7-6-11-25-14)21(27(2,23)24)17-9-5-4-8-15(17)19/h4-9,11,16H,3,10,12-13H2,1-2H3,(H,20,22)/t16-/m0/s1. The van der Waals surface area contributed by atoms with E-state index < -0.39 is 27.8 Å². The predicted octanol–water partition coefficient (Wildman–Crippen LogP) is 3.01. The number of thioether (sulfide) groups is 1. The van der Waals surface area contributed by atoms with E-state index in [1.165, 1.54) is 24.3 Å². The molecule has 0 radical (unpaired) electrons. The number of rotatable bonds is 10. The molecular weight excluding hydrogens is 391 g/mol. The summed E-state index contributed by atoms with van der Waals surface area (Å²) in [6, 6.07) is 8.19. The third-order valence-corrected chi connectivity index (χ3v) is 5.94. The second-order valence-corrected chi connectivity index (χ2v) is 8.82. The first-order valence-corrected chi connectivity index (χ1v) is 11.5. The molecule has 2 aromatic rings. The minimum Gasteiger partial charge on any atom is -0.468 e. The van der Waals surface area contributed by atoms with Crippen molar-refractivity contribution >= 4 is 33.4 Å². The van der Waals surface area contributed by atoms with Crippen LogP contribution in [0.1, 0.15) is 19.1 Å². The van der Waals surface area contributed by atoms with Gasteiger partial charge in [0.2, 0.25) is 15.9 Å². The van der Waals surface area contributed by atoms with E-state index in [0.717, 1.165) is 16.3 Å². The van der Waals surface area contributed by atoms with Gasteiger partial charge in [-0.15, -0.1) is 0 Å². The highest BCUT2D eigenvalue weighted by Crippen LogP contribution is 2.25. The zero-order chi connectivity index (χ0) is 19.9. The second-order valence-electron chi connectivity index (χ2n) is 5.86. The van der Waals surface area contributed by atoms with Crippen molar-refractivity contribution in [3.05, 3.63) is 54.2 Å². The summed E-state index contributed by atoms with van der Waals surface area (Å²) in [5, 5.41) is 2.74. The topological polar surface area (TPSA) is 79.6 Å². The van der Waals surface area contributed by atoms with E-state index in [4.69, 9.17) is 4.42 Å². The molecule has 27 heavy (non-hydrogen) atoms. The SMILES string of the molecule is CC[C@@H](C(=O)NCCSCc1ccco1)N(c1ccccc1F)S(C)(=O)=O. The van der Waals surface area contributed by atoms with Crippen LogP contribution >= 0.6 is 11.8 Å². The molecule has 0 fully saturated rings. The van der Waals surface area contributed by atoms with Gasteiger partial charge in [0.05, 0.1) is 24.0 Å². The number of hydrogen-bond donors (Lipinski definition) is 1. The first-order chi connectivity index (χ1) is 12.8. The Morgan fingerprint density at radius 2 is 2.04 bits per heavy atom. The van der Waals surface area contributed by atoms with E-state index in [9.17, 15) is 17.6 Å². The molecule has 0 aliphatic heterocycles. The number of halogens is 1. The van der Waals surface area contributed by atoms with Crippen LogP contribution < -0.4 is 9.62 Å². The van der Waals surface area contributed by atoms with E-state index in [1.54, 1.807) is 24.9 Å². The highest BCUT2D eigenvalue weighted by Gasteiger charge is 2.32. The summed E-state index contributed by atoms with van der Waals surface area (Å²) in [4.78, 5) is 12.6. The van der Waals surface area contributed by atoms with Gasteiger partial charge in [-0.3, -0.25) is 9.10 Å². The highest BCUT2D eigenvalue weighted by atomic mass is 32.2. The smallest absolute Gasteiger partial charge is 0.243 e. The van der Waals surface area contributed by atoms with Gasteiger partial charge in [0.1, 0.15) is 17.6 Å². The van der Waals surface area contributed by atoms with Gasteiger partial charge in [0, 0.05) is 12.3 Å². The number of carbonyl (C=O) groups is 1. The quantitative estimate of drug-likeness (QED) is 0.605. The van der Waals surface area contributed by atoms with Crippen molar-refractivity contribution in [2.45, 2.75) is 25.1 Å². The van der Waals surface area contributed by atoms with Gasteiger partial charge in [-0.05, 0) is 30.7 Å². The minimum atomic E-state index is -3.85. The van der Waals surface area contributed by atoms with Gasteiger partial charge in [-0.1, -0.05) is 19.1 Å². The number of amides is 1. The molecule has 0 aliphatic carbocycles. The summed E-state index contributed by atoms with van der Waals surface area (Å²) in [6.45, 7) is 2.06. The number of para-hydroxylation sites is 1. The lowest BCUT2D eigenvalue weighted by Gasteiger charge is -2.30. The van der Waals surface area contributed by atoms with Crippen molar-refractivity contribution in [3.8, 4) is 0 Å². The molecule has 2 rings (SSSR count). The first-order valence-electron chi connectivity index (χ1n) is 8.46. The zero-order valence-corrected chi connectivity index (χ0v) is 16.9. The van der Waals surface area contributed by atoms with Crippen molar-refractivity contribution in [2.24, 2.45) is 0 Å². The molecular formula is C18H23FN2O4S2. The number of carbonyl (C=O) groups excluding carboxylic acids is 1. The Morgan fingerprint density at radius 1 is 1.30 bits per heavy atom. The van der Waals surface area contributed by atoms with Gasteiger partial charge in [0.15, 0.2) is 0 Å². The minimum absolute atomic E-state index is 0.130. The van der Waals surface area contributed by atoms with Crippen LogP contribution in [0.2, 0.25) is 0 Å². The lowest BCUT2D eigenvalue weighted by atomic mass is 10.2. The van der Waals surface area contributed by atoms with E-state index in [-0.39, 0.29) is 12.1 Å². The number of anilines is 1. The van der Waals surface area contributed by atoms with Crippen molar-refractivity contribution in [1.82, 2.24) is 5.32 Å². The maximum Gasteiger partial charge on any atom is 0.243 e. The average Bonchev–Trinajstić information content (AvgIpc) is 3.12. The Hall–Kier alpha value is -2.00. The lowest BCUT2D eigenvalue weighted by molar-refractivity contribution is -0.122. The Morgan fingerprint density at radius 3 is 2.63 bits per heavy atom. The Balaban J connectivity index is 2.01. The van der Waals surface area contributed by atoms with Gasteiger partial charge >= 0.3 is 0 Å². The maximum atomic E-state index is 14.2. The van der Waals surface area contributed by atoms with E-state index in [2.05, 4.69) is 5.32 Å². The van der Waals surface area contributed by atoms with Crippen LogP contribution in [0.5, 0.6) is 0 Å². The molecule has 0 saturated heterocycles. The highest BCUT2D eigenvalue weighted by molar-refractivity contribution is 7.98. The van der Waals surface area contributed by atoms with Gasteiger partial charge < -0.3 is 9.73 Å². The van der Waals surface area contributed by atoms with Crippen LogP contribution in [-0.2, 0) is 20.6 Å². The molecule has 148 valence electrons. The fourth-order valence-electron chi connectivity index (χ4n) is 2.60. The van der Waals surface area contributed by atoms with E-state index in [0.29, 0.717) is 18.1 Å². The summed E-state index contributed by atoms with van der Waals surface area (Å²) in [5.74, 6) is 1.03. The van der Waals surface area contributed by atoms with E-state index >= 15 is 0 Å². The molecule has 0 unspecified atom stereocenters. The number of benzene rings is 1. The molecule has 1 aromatic carbocycles. The summed E-state index contributed by atoms with van der Waals surface area (Å²) < 4.78 is 44.8. The van der Waals surface area contributed by atoms with Crippen molar-refractivity contribution in [1.29, 1.82) is 0 Å². The third-order valence-electron chi connectivity index (χ3n) is 3.79. The van der Waals surface area contributed by atoms with E-state index in [1.807, 2.05) is 12.1 Å². The molecule has 1 heterocycles. The van der Waals surface area contributed by atoms with Crippen LogP contribution in [0.25, 0.3) is 0 Å². The summed E-state index contributed by atoms with van der Waals surface area (Å²) in [5.41, 5.74) is -0.130. The van der Waals surface area contributed by atoms with Crippen molar-refractivity contribution in [2.75, 3.05) is 22.9 Å². The third kappa shape index (κ3) is 6.00. The second kappa shape index (κ2) is 9.80. The number of nitrogens with one attached hydrogen (secondary N) is 1. The normalized spacial score (nSPS) is 12.6. The number of sulfonamides is 1.